The third-order valence-corrected chi connectivity index (χ3v) is 4.87. The summed E-state index contributed by atoms with van der Waals surface area (Å²) >= 11 is 0.990. The van der Waals surface area contributed by atoms with Gasteiger partial charge in [-0.3, -0.25) is 9.79 Å². The van der Waals surface area contributed by atoms with E-state index in [1.54, 1.807) is 7.05 Å². The molecule has 0 atom stereocenters. The largest absolute Gasteiger partial charge is 0.434 e. The van der Waals surface area contributed by atoms with Gasteiger partial charge in [0.2, 0.25) is 5.91 Å². The Morgan fingerprint density at radius 2 is 2.03 bits per heavy atom. The summed E-state index contributed by atoms with van der Waals surface area (Å²) in [6, 6.07) is 7.50. The highest BCUT2D eigenvalue weighted by Crippen LogP contribution is 2.30. The van der Waals surface area contributed by atoms with Gasteiger partial charge in [-0.05, 0) is 23.6 Å². The number of hydrogen-bond acceptors (Lipinski definition) is 4. The maximum atomic E-state index is 12.6. The molecule has 0 aliphatic rings. The van der Waals surface area contributed by atoms with Crippen LogP contribution >= 0.6 is 11.3 Å². The molecule has 10 heteroatoms. The fourth-order valence-electron chi connectivity index (χ4n) is 2.59. The van der Waals surface area contributed by atoms with Crippen LogP contribution in [-0.2, 0) is 23.9 Å². The Balaban J connectivity index is 1.80. The molecule has 0 aliphatic carbocycles. The average Bonchev–Trinajstić information content (AvgIpc) is 3.13. The average molecular weight is 442 g/mol. The lowest BCUT2D eigenvalue weighted by molar-refractivity contribution is -0.140. The number of aromatic nitrogens is 1. The summed E-state index contributed by atoms with van der Waals surface area (Å²) in [5, 5.41) is 10.5. The molecule has 0 bridgehead atoms. The minimum absolute atomic E-state index is 0.0246. The molecule has 1 aromatic carbocycles. The first kappa shape index (κ1) is 23.7. The second-order valence-corrected chi connectivity index (χ2v) is 8.02. The molecule has 3 N–H and O–H groups in total. The van der Waals surface area contributed by atoms with Crippen molar-refractivity contribution >= 4 is 28.9 Å². The van der Waals surface area contributed by atoms with Crippen LogP contribution in [0.15, 0.2) is 34.6 Å². The summed E-state index contributed by atoms with van der Waals surface area (Å²) in [5.74, 6) is 0.786. The van der Waals surface area contributed by atoms with E-state index >= 15 is 0 Å². The van der Waals surface area contributed by atoms with Crippen molar-refractivity contribution in [2.45, 2.75) is 39.4 Å². The maximum absolute atomic E-state index is 12.6. The topological polar surface area (TPSA) is 78.4 Å². The summed E-state index contributed by atoms with van der Waals surface area (Å²) in [4.78, 5) is 19.6. The molecule has 1 aromatic heterocycles. The van der Waals surface area contributed by atoms with Gasteiger partial charge in [0.05, 0.1) is 5.01 Å². The van der Waals surface area contributed by atoms with Crippen LogP contribution in [0.3, 0.4) is 0 Å². The Morgan fingerprint density at radius 3 is 2.67 bits per heavy atom. The Labute approximate surface area is 178 Å². The van der Waals surface area contributed by atoms with E-state index in [4.69, 9.17) is 0 Å². The Bertz CT molecular complexity index is 864. The highest BCUT2D eigenvalue weighted by atomic mass is 32.1. The fourth-order valence-corrected chi connectivity index (χ4v) is 3.40. The van der Waals surface area contributed by atoms with E-state index in [1.807, 2.05) is 38.1 Å². The van der Waals surface area contributed by atoms with Gasteiger partial charge in [-0.15, -0.1) is 11.3 Å². The number of thiazole rings is 1. The number of amides is 1. The number of nitrogens with zero attached hydrogens (tertiary/aromatic N) is 2. The van der Waals surface area contributed by atoms with Crippen molar-refractivity contribution in [1.29, 1.82) is 0 Å². The van der Waals surface area contributed by atoms with Crippen LogP contribution in [0.2, 0.25) is 0 Å². The molecule has 0 aliphatic heterocycles. The Hall–Kier alpha value is -2.62. The van der Waals surface area contributed by atoms with E-state index in [-0.39, 0.29) is 11.8 Å². The second-order valence-electron chi connectivity index (χ2n) is 7.07. The molecule has 2 rings (SSSR count). The first-order valence-corrected chi connectivity index (χ1v) is 10.4. The Kier molecular flexibility index (Phi) is 8.64. The zero-order valence-electron chi connectivity index (χ0n) is 17.1. The van der Waals surface area contributed by atoms with Crippen LogP contribution in [0.1, 0.15) is 36.5 Å². The number of carbonyl (C=O) groups excluding carboxylic acids is 1. The van der Waals surface area contributed by atoms with E-state index in [2.05, 4.69) is 25.9 Å². The van der Waals surface area contributed by atoms with Crippen molar-refractivity contribution in [1.82, 2.24) is 15.6 Å². The lowest BCUT2D eigenvalue weighted by Crippen LogP contribution is -2.37. The van der Waals surface area contributed by atoms with Crippen molar-refractivity contribution in [3.8, 4) is 0 Å². The molecule has 1 amide bonds. The van der Waals surface area contributed by atoms with Crippen LogP contribution in [0.5, 0.6) is 0 Å². The zero-order valence-corrected chi connectivity index (χ0v) is 18.0. The number of hydrogen-bond donors (Lipinski definition) is 3. The Morgan fingerprint density at radius 1 is 1.27 bits per heavy atom. The van der Waals surface area contributed by atoms with Crippen molar-refractivity contribution in [2.75, 3.05) is 18.9 Å². The number of rotatable bonds is 8. The number of aliphatic imine (C=N–C) groups is 1. The molecule has 0 spiro atoms. The van der Waals surface area contributed by atoms with Gasteiger partial charge in [0.1, 0.15) is 0 Å². The van der Waals surface area contributed by atoms with E-state index < -0.39 is 11.9 Å². The number of carbonyl (C=O) groups is 1. The molecule has 0 fully saturated rings. The third-order valence-electron chi connectivity index (χ3n) is 3.96. The van der Waals surface area contributed by atoms with Crippen LogP contribution in [0, 0.1) is 5.92 Å². The van der Waals surface area contributed by atoms with E-state index in [0.29, 0.717) is 36.9 Å². The summed E-state index contributed by atoms with van der Waals surface area (Å²) in [6.45, 7) is 4.85. The number of anilines is 1. The SMILES string of the molecule is CN=C(NCCc1nc(C(F)(F)F)cs1)NCc1cccc(NC(=O)CC(C)C)c1. The molecule has 2 aromatic rings. The predicted octanol–water partition coefficient (Wildman–Crippen LogP) is 4.05. The number of alkyl halides is 3. The maximum Gasteiger partial charge on any atom is 0.434 e. The number of halogens is 3. The minimum Gasteiger partial charge on any atom is -0.356 e. The predicted molar refractivity (Wildman–Crippen MR) is 114 cm³/mol. The lowest BCUT2D eigenvalue weighted by atomic mass is 10.1. The molecular weight excluding hydrogens is 415 g/mol. The summed E-state index contributed by atoms with van der Waals surface area (Å²) < 4.78 is 37.8. The first-order chi connectivity index (χ1) is 14.2. The van der Waals surface area contributed by atoms with E-state index in [1.165, 1.54) is 0 Å². The molecule has 6 nitrogen and oxygen atoms in total. The van der Waals surface area contributed by atoms with Crippen molar-refractivity contribution < 1.29 is 18.0 Å². The molecular formula is C20H26F3N5OS. The third kappa shape index (κ3) is 8.02. The van der Waals surface area contributed by atoms with Gasteiger partial charge < -0.3 is 16.0 Å². The molecule has 164 valence electrons. The summed E-state index contributed by atoms with van der Waals surface area (Å²) in [6.07, 6.45) is -3.59. The standard InChI is InChI=1S/C20H26F3N5OS/c1-13(2)9-17(29)27-15-6-4-5-14(10-15)11-26-19(24-3)25-8-7-18-28-16(12-30-18)20(21,22)23/h4-6,10,12-13H,7-9,11H2,1-3H3,(H,27,29)(H2,24,25,26). The van der Waals surface area contributed by atoms with Gasteiger partial charge >= 0.3 is 6.18 Å². The van der Waals surface area contributed by atoms with Gasteiger partial charge in [-0.1, -0.05) is 26.0 Å². The fraction of sp³-hybridized carbons (Fsp3) is 0.450. The molecule has 0 unspecified atom stereocenters. The molecule has 0 saturated heterocycles. The van der Waals surface area contributed by atoms with E-state index in [0.717, 1.165) is 28.0 Å². The minimum atomic E-state index is -4.41. The van der Waals surface area contributed by atoms with Crippen molar-refractivity contribution in [3.63, 3.8) is 0 Å². The molecule has 1 heterocycles. The zero-order chi connectivity index (χ0) is 22.1. The van der Waals surface area contributed by atoms with Crippen LogP contribution < -0.4 is 16.0 Å². The van der Waals surface area contributed by atoms with Crippen molar-refractivity contribution in [2.24, 2.45) is 10.9 Å². The number of benzene rings is 1. The van der Waals surface area contributed by atoms with Gasteiger partial charge in [0, 0.05) is 44.0 Å². The van der Waals surface area contributed by atoms with Crippen LogP contribution in [-0.4, -0.2) is 30.4 Å². The number of guanidine groups is 1. The molecule has 30 heavy (non-hydrogen) atoms. The van der Waals surface area contributed by atoms with E-state index in [9.17, 15) is 18.0 Å². The lowest BCUT2D eigenvalue weighted by Gasteiger charge is -2.13. The van der Waals surface area contributed by atoms with Crippen LogP contribution in [0.25, 0.3) is 0 Å². The number of nitrogens with one attached hydrogen (secondary N) is 3. The molecule has 0 saturated carbocycles. The van der Waals surface area contributed by atoms with Crippen molar-refractivity contribution in [3.05, 3.63) is 45.9 Å². The van der Waals surface area contributed by atoms with Gasteiger partial charge in [-0.25, -0.2) is 4.98 Å². The summed E-state index contributed by atoms with van der Waals surface area (Å²) in [7, 11) is 1.61. The first-order valence-electron chi connectivity index (χ1n) is 9.52. The van der Waals surface area contributed by atoms with Gasteiger partial charge in [0.25, 0.3) is 0 Å². The highest BCUT2D eigenvalue weighted by Gasteiger charge is 2.33. The summed E-state index contributed by atoms with van der Waals surface area (Å²) in [5.41, 5.74) is 0.826. The van der Waals surface area contributed by atoms with Crippen LogP contribution in [0.4, 0.5) is 18.9 Å². The quantitative estimate of drug-likeness (QED) is 0.427. The highest BCUT2D eigenvalue weighted by molar-refractivity contribution is 7.09. The second kappa shape index (κ2) is 11.0. The normalized spacial score (nSPS) is 12.2. The monoisotopic (exact) mass is 441 g/mol. The molecule has 0 radical (unpaired) electrons. The van der Waals surface area contributed by atoms with Gasteiger partial charge in [0.15, 0.2) is 11.7 Å². The smallest absolute Gasteiger partial charge is 0.356 e. The van der Waals surface area contributed by atoms with Gasteiger partial charge in [-0.2, -0.15) is 13.2 Å².